The van der Waals surface area contributed by atoms with Crippen LogP contribution < -0.4 is 5.32 Å². The van der Waals surface area contributed by atoms with E-state index in [0.29, 0.717) is 49.9 Å². The van der Waals surface area contributed by atoms with E-state index in [4.69, 9.17) is 11.6 Å². The first kappa shape index (κ1) is 18.2. The molecule has 0 atom stereocenters. The van der Waals surface area contributed by atoms with Gasteiger partial charge in [-0.3, -0.25) is 9.69 Å². The van der Waals surface area contributed by atoms with E-state index in [1.165, 1.54) is 4.31 Å². The van der Waals surface area contributed by atoms with Crippen LogP contribution in [0.1, 0.15) is 12.5 Å². The van der Waals surface area contributed by atoms with E-state index in [2.05, 4.69) is 5.32 Å². The van der Waals surface area contributed by atoms with Gasteiger partial charge in [0.05, 0.1) is 11.4 Å². The first-order chi connectivity index (χ1) is 10.9. The Balaban J connectivity index is 2.04. The van der Waals surface area contributed by atoms with Crippen molar-refractivity contribution < 1.29 is 13.2 Å². The van der Waals surface area contributed by atoms with Gasteiger partial charge in [0.1, 0.15) is 0 Å². The second-order valence-corrected chi connectivity index (χ2v) is 7.81. The predicted molar refractivity (Wildman–Crippen MR) is 90.1 cm³/mol. The van der Waals surface area contributed by atoms with E-state index in [0.717, 1.165) is 0 Å². The fourth-order valence-corrected chi connectivity index (χ4v) is 4.49. The summed E-state index contributed by atoms with van der Waals surface area (Å²) in [5, 5.41) is 3.19. The van der Waals surface area contributed by atoms with Crippen LogP contribution in [0.2, 0.25) is 5.02 Å². The number of amides is 1. The molecule has 1 saturated heterocycles. The SMILES string of the molecule is CCNC(=O)CN1CCN(S(=O)(=O)c2cccc(Cl)c2C)CC1. The van der Waals surface area contributed by atoms with Crippen molar-refractivity contribution in [1.82, 2.24) is 14.5 Å². The number of sulfonamides is 1. The summed E-state index contributed by atoms with van der Waals surface area (Å²) in [5.74, 6) is -0.0329. The summed E-state index contributed by atoms with van der Waals surface area (Å²) in [6.45, 7) is 6.29. The molecule has 0 bridgehead atoms. The Morgan fingerprint density at radius 3 is 2.52 bits per heavy atom. The molecule has 1 aliphatic heterocycles. The zero-order valence-corrected chi connectivity index (χ0v) is 15.0. The predicted octanol–water partition coefficient (Wildman–Crippen LogP) is 1.09. The monoisotopic (exact) mass is 359 g/mol. The molecular formula is C15H22ClN3O3S. The molecule has 1 N–H and O–H groups in total. The third-order valence-electron chi connectivity index (χ3n) is 3.91. The van der Waals surface area contributed by atoms with Crippen molar-refractivity contribution in [2.24, 2.45) is 0 Å². The molecule has 1 heterocycles. The largest absolute Gasteiger partial charge is 0.355 e. The number of benzene rings is 1. The van der Waals surface area contributed by atoms with E-state index in [-0.39, 0.29) is 10.8 Å². The Labute approximate surface area is 142 Å². The van der Waals surface area contributed by atoms with Crippen LogP contribution in [-0.4, -0.2) is 62.8 Å². The molecule has 1 fully saturated rings. The minimum absolute atomic E-state index is 0.0329. The van der Waals surface area contributed by atoms with Gasteiger partial charge in [0, 0.05) is 37.7 Å². The highest BCUT2D eigenvalue weighted by Gasteiger charge is 2.30. The van der Waals surface area contributed by atoms with Crippen LogP contribution in [-0.2, 0) is 14.8 Å². The van der Waals surface area contributed by atoms with Gasteiger partial charge >= 0.3 is 0 Å². The van der Waals surface area contributed by atoms with Gasteiger partial charge in [-0.1, -0.05) is 17.7 Å². The fourth-order valence-electron chi connectivity index (χ4n) is 2.59. The molecule has 0 aromatic heterocycles. The number of rotatable bonds is 5. The maximum absolute atomic E-state index is 12.8. The van der Waals surface area contributed by atoms with E-state index in [9.17, 15) is 13.2 Å². The van der Waals surface area contributed by atoms with Crippen molar-refractivity contribution in [1.29, 1.82) is 0 Å². The minimum atomic E-state index is -3.56. The van der Waals surface area contributed by atoms with Crippen LogP contribution in [0.25, 0.3) is 0 Å². The number of halogens is 1. The van der Waals surface area contributed by atoms with Crippen LogP contribution in [0.5, 0.6) is 0 Å². The third-order valence-corrected chi connectivity index (χ3v) is 6.36. The summed E-state index contributed by atoms with van der Waals surface area (Å²) in [6, 6.07) is 4.91. The molecule has 2 rings (SSSR count). The lowest BCUT2D eigenvalue weighted by Gasteiger charge is -2.33. The lowest BCUT2D eigenvalue weighted by molar-refractivity contribution is -0.122. The van der Waals surface area contributed by atoms with Crippen LogP contribution in [0.3, 0.4) is 0 Å². The maximum atomic E-state index is 12.8. The van der Waals surface area contributed by atoms with E-state index in [1.807, 2.05) is 11.8 Å². The van der Waals surface area contributed by atoms with Crippen molar-refractivity contribution in [2.45, 2.75) is 18.7 Å². The Kier molecular flexibility index (Phi) is 6.02. The Hall–Kier alpha value is -1.15. The highest BCUT2D eigenvalue weighted by molar-refractivity contribution is 7.89. The smallest absolute Gasteiger partial charge is 0.243 e. The first-order valence-electron chi connectivity index (χ1n) is 7.60. The third kappa shape index (κ3) is 4.23. The maximum Gasteiger partial charge on any atom is 0.243 e. The van der Waals surface area contributed by atoms with Crippen molar-refractivity contribution in [3.05, 3.63) is 28.8 Å². The number of carbonyl (C=O) groups is 1. The molecule has 128 valence electrons. The normalized spacial score (nSPS) is 17.2. The van der Waals surface area contributed by atoms with Crippen LogP contribution >= 0.6 is 11.6 Å². The molecule has 1 amide bonds. The molecule has 1 aromatic carbocycles. The zero-order valence-electron chi connectivity index (χ0n) is 13.4. The molecule has 1 aromatic rings. The van der Waals surface area contributed by atoms with Crippen molar-refractivity contribution in [2.75, 3.05) is 39.3 Å². The molecular weight excluding hydrogens is 338 g/mol. The lowest BCUT2D eigenvalue weighted by Crippen LogP contribution is -2.51. The summed E-state index contributed by atoms with van der Waals surface area (Å²) < 4.78 is 27.0. The number of nitrogens with zero attached hydrogens (tertiary/aromatic N) is 2. The summed E-state index contributed by atoms with van der Waals surface area (Å²) >= 11 is 6.03. The lowest BCUT2D eigenvalue weighted by atomic mass is 10.2. The number of hydrogen-bond acceptors (Lipinski definition) is 4. The number of likely N-dealkylation sites (N-methyl/N-ethyl adjacent to an activating group) is 1. The van der Waals surface area contributed by atoms with Crippen LogP contribution in [0.4, 0.5) is 0 Å². The Bertz CT molecular complexity index is 671. The minimum Gasteiger partial charge on any atom is -0.355 e. The number of nitrogens with one attached hydrogen (secondary N) is 1. The van der Waals surface area contributed by atoms with Crippen LogP contribution in [0, 0.1) is 6.92 Å². The van der Waals surface area contributed by atoms with E-state index in [1.54, 1.807) is 25.1 Å². The molecule has 6 nitrogen and oxygen atoms in total. The molecule has 1 aliphatic rings. The number of hydrogen-bond donors (Lipinski definition) is 1. The van der Waals surface area contributed by atoms with Crippen molar-refractivity contribution >= 4 is 27.5 Å². The van der Waals surface area contributed by atoms with Gasteiger partial charge in [-0.15, -0.1) is 0 Å². The topological polar surface area (TPSA) is 69.7 Å². The second kappa shape index (κ2) is 7.61. The van der Waals surface area contributed by atoms with Gasteiger partial charge < -0.3 is 5.32 Å². The van der Waals surface area contributed by atoms with Crippen molar-refractivity contribution in [3.63, 3.8) is 0 Å². The summed E-state index contributed by atoms with van der Waals surface area (Å²) in [5.41, 5.74) is 0.568. The van der Waals surface area contributed by atoms with Gasteiger partial charge in [0.25, 0.3) is 0 Å². The summed E-state index contributed by atoms with van der Waals surface area (Å²) in [7, 11) is -3.56. The molecule has 23 heavy (non-hydrogen) atoms. The number of carbonyl (C=O) groups excluding carboxylic acids is 1. The molecule has 0 aliphatic carbocycles. The van der Waals surface area contributed by atoms with Gasteiger partial charge in [-0.2, -0.15) is 4.31 Å². The molecule has 8 heteroatoms. The highest BCUT2D eigenvalue weighted by atomic mass is 35.5. The molecule has 0 saturated carbocycles. The molecule has 0 radical (unpaired) electrons. The van der Waals surface area contributed by atoms with Gasteiger partial charge in [0.2, 0.25) is 15.9 Å². The first-order valence-corrected chi connectivity index (χ1v) is 9.42. The Morgan fingerprint density at radius 1 is 1.26 bits per heavy atom. The zero-order chi connectivity index (χ0) is 17.0. The Morgan fingerprint density at radius 2 is 1.91 bits per heavy atom. The molecule has 0 spiro atoms. The highest BCUT2D eigenvalue weighted by Crippen LogP contribution is 2.26. The van der Waals surface area contributed by atoms with Crippen LogP contribution in [0.15, 0.2) is 23.1 Å². The fraction of sp³-hybridized carbons (Fsp3) is 0.533. The number of piperazine rings is 1. The molecule has 0 unspecified atom stereocenters. The standard InChI is InChI=1S/C15H22ClN3O3S/c1-3-17-15(20)11-18-7-9-19(10-8-18)23(21,22)14-6-4-5-13(16)12(14)2/h4-6H,3,7-11H2,1-2H3,(H,17,20). The quantitative estimate of drug-likeness (QED) is 0.854. The van der Waals surface area contributed by atoms with Crippen molar-refractivity contribution in [3.8, 4) is 0 Å². The second-order valence-electron chi connectivity index (χ2n) is 5.50. The van der Waals surface area contributed by atoms with Gasteiger partial charge in [-0.25, -0.2) is 8.42 Å². The van der Waals surface area contributed by atoms with Gasteiger partial charge in [0.15, 0.2) is 0 Å². The average Bonchev–Trinajstić information content (AvgIpc) is 2.50. The van der Waals surface area contributed by atoms with E-state index >= 15 is 0 Å². The van der Waals surface area contributed by atoms with Gasteiger partial charge in [-0.05, 0) is 31.5 Å². The average molecular weight is 360 g/mol. The summed E-state index contributed by atoms with van der Waals surface area (Å²) in [6.07, 6.45) is 0. The summed E-state index contributed by atoms with van der Waals surface area (Å²) in [4.78, 5) is 13.8. The van der Waals surface area contributed by atoms with E-state index < -0.39 is 10.0 Å².